The van der Waals surface area contributed by atoms with Crippen LogP contribution in [0.2, 0.25) is 0 Å². The number of nitrogens with two attached hydrogens (primary N) is 1. The van der Waals surface area contributed by atoms with Crippen LogP contribution in [0.3, 0.4) is 0 Å². The fourth-order valence-electron chi connectivity index (χ4n) is 1.82. The van der Waals surface area contributed by atoms with E-state index < -0.39 is 0 Å². The monoisotopic (exact) mass is 283 g/mol. The molecule has 6 heteroatoms. The second-order valence-electron chi connectivity index (χ2n) is 4.57. The van der Waals surface area contributed by atoms with Gasteiger partial charge in [0.05, 0.1) is 18.7 Å². The Morgan fingerprint density at radius 2 is 2.29 bits per heavy atom. The molecule has 0 radical (unpaired) electrons. The van der Waals surface area contributed by atoms with E-state index in [1.807, 2.05) is 25.1 Å². The highest BCUT2D eigenvalue weighted by Gasteiger charge is 2.11. The number of hydrogen-bond donors (Lipinski definition) is 2. The van der Waals surface area contributed by atoms with Crippen molar-refractivity contribution in [2.45, 2.75) is 13.5 Å². The lowest BCUT2D eigenvalue weighted by Crippen LogP contribution is -2.24. The number of amides is 1. The molecule has 0 saturated heterocycles. The lowest BCUT2D eigenvalue weighted by molar-refractivity contribution is 0.0949. The first kappa shape index (κ1) is 14.8. The third-order valence-electron chi connectivity index (χ3n) is 2.80. The summed E-state index contributed by atoms with van der Waals surface area (Å²) < 4.78 is 1.59. The van der Waals surface area contributed by atoms with Crippen molar-refractivity contribution in [3.8, 4) is 11.8 Å². The highest BCUT2D eigenvalue weighted by Crippen LogP contribution is 2.11. The van der Waals surface area contributed by atoms with Gasteiger partial charge in [-0.2, -0.15) is 5.10 Å². The maximum absolute atomic E-state index is 12.3. The van der Waals surface area contributed by atoms with Crippen molar-refractivity contribution in [1.82, 2.24) is 20.1 Å². The molecule has 0 spiro atoms. The molecule has 1 aromatic carbocycles. The largest absolute Gasteiger partial charge is 0.345 e. The fraction of sp³-hybridized carbons (Fsp3) is 0.267. The van der Waals surface area contributed by atoms with Crippen molar-refractivity contribution >= 4 is 5.91 Å². The van der Waals surface area contributed by atoms with Crippen molar-refractivity contribution in [2.75, 3.05) is 6.54 Å². The van der Waals surface area contributed by atoms with Gasteiger partial charge in [-0.05, 0) is 19.1 Å². The zero-order valence-corrected chi connectivity index (χ0v) is 12.1. The van der Waals surface area contributed by atoms with Crippen LogP contribution < -0.4 is 11.1 Å². The van der Waals surface area contributed by atoms with E-state index in [2.05, 4.69) is 27.2 Å². The van der Waals surface area contributed by atoms with E-state index >= 15 is 0 Å². The minimum absolute atomic E-state index is 0.201. The first-order valence-electron chi connectivity index (χ1n) is 6.52. The van der Waals surface area contributed by atoms with Gasteiger partial charge in [-0.1, -0.05) is 23.5 Å². The summed E-state index contributed by atoms with van der Waals surface area (Å²) in [5.74, 6) is 6.04. The van der Waals surface area contributed by atoms with Gasteiger partial charge in [0.2, 0.25) is 0 Å². The van der Waals surface area contributed by atoms with Crippen LogP contribution in [0.5, 0.6) is 0 Å². The molecule has 0 atom stereocenters. The maximum Gasteiger partial charge on any atom is 0.252 e. The second-order valence-corrected chi connectivity index (χ2v) is 4.57. The minimum Gasteiger partial charge on any atom is -0.345 e. The predicted molar refractivity (Wildman–Crippen MR) is 79.3 cm³/mol. The number of nitrogens with zero attached hydrogens (tertiary/aromatic N) is 3. The normalized spacial score (nSPS) is 9.86. The molecule has 2 rings (SSSR count). The van der Waals surface area contributed by atoms with Gasteiger partial charge in [0.15, 0.2) is 5.82 Å². The van der Waals surface area contributed by atoms with E-state index in [9.17, 15) is 4.79 Å². The standard InChI is InChI=1S/C15H17N5O/c1-11-5-6-12(4-3-7-16)13(8-11)15(21)17-9-14-18-10-20(2)19-14/h5-6,8,10H,7,9,16H2,1-2H3,(H,17,21). The molecule has 0 unspecified atom stereocenters. The van der Waals surface area contributed by atoms with Gasteiger partial charge >= 0.3 is 0 Å². The van der Waals surface area contributed by atoms with Gasteiger partial charge in [-0.25, -0.2) is 4.98 Å². The number of carbonyl (C=O) groups is 1. The summed E-state index contributed by atoms with van der Waals surface area (Å²) in [7, 11) is 1.78. The van der Waals surface area contributed by atoms with E-state index in [4.69, 9.17) is 5.73 Å². The van der Waals surface area contributed by atoms with Gasteiger partial charge in [-0.15, -0.1) is 0 Å². The van der Waals surface area contributed by atoms with E-state index in [0.29, 0.717) is 17.0 Å². The molecule has 1 heterocycles. The summed E-state index contributed by atoms with van der Waals surface area (Å²) in [6, 6.07) is 5.55. The number of hydrogen-bond acceptors (Lipinski definition) is 4. The first-order valence-corrected chi connectivity index (χ1v) is 6.52. The van der Waals surface area contributed by atoms with Crippen molar-refractivity contribution in [2.24, 2.45) is 12.8 Å². The van der Waals surface area contributed by atoms with Crippen LogP contribution in [-0.4, -0.2) is 27.2 Å². The molecular weight excluding hydrogens is 266 g/mol. The van der Waals surface area contributed by atoms with Crippen LogP contribution in [0.15, 0.2) is 24.5 Å². The first-order chi connectivity index (χ1) is 10.1. The van der Waals surface area contributed by atoms with Crippen molar-refractivity contribution in [3.05, 3.63) is 47.0 Å². The van der Waals surface area contributed by atoms with Crippen molar-refractivity contribution < 1.29 is 4.79 Å². The zero-order valence-electron chi connectivity index (χ0n) is 12.1. The van der Waals surface area contributed by atoms with Crippen LogP contribution >= 0.6 is 0 Å². The van der Waals surface area contributed by atoms with Crippen LogP contribution in [-0.2, 0) is 13.6 Å². The third kappa shape index (κ3) is 3.91. The lowest BCUT2D eigenvalue weighted by Gasteiger charge is -2.06. The summed E-state index contributed by atoms with van der Waals surface area (Å²) in [5.41, 5.74) is 7.57. The molecule has 0 fully saturated rings. The van der Waals surface area contributed by atoms with E-state index in [1.54, 1.807) is 18.1 Å². The number of nitrogens with one attached hydrogen (secondary N) is 1. The van der Waals surface area contributed by atoms with Crippen LogP contribution in [0.25, 0.3) is 0 Å². The van der Waals surface area contributed by atoms with Crippen molar-refractivity contribution in [1.29, 1.82) is 0 Å². The molecular formula is C15H17N5O. The van der Waals surface area contributed by atoms with E-state index in [-0.39, 0.29) is 19.0 Å². The smallest absolute Gasteiger partial charge is 0.252 e. The average molecular weight is 283 g/mol. The SMILES string of the molecule is Cc1ccc(C#CCN)c(C(=O)NCc2ncn(C)n2)c1. The Labute approximate surface area is 123 Å². The Balaban J connectivity index is 2.15. The number of aromatic nitrogens is 3. The van der Waals surface area contributed by atoms with Gasteiger partial charge < -0.3 is 11.1 Å². The lowest BCUT2D eigenvalue weighted by atomic mass is 10.0. The minimum atomic E-state index is -0.201. The van der Waals surface area contributed by atoms with E-state index in [1.165, 1.54) is 0 Å². The predicted octanol–water partition coefficient (Wildman–Crippen LogP) is 0.364. The zero-order chi connectivity index (χ0) is 15.2. The molecule has 2 aromatic rings. The summed E-state index contributed by atoms with van der Waals surface area (Å²) in [6.07, 6.45) is 1.59. The Hall–Kier alpha value is -2.65. The third-order valence-corrected chi connectivity index (χ3v) is 2.80. The van der Waals surface area contributed by atoms with Crippen LogP contribution in [0.1, 0.15) is 27.3 Å². The number of benzene rings is 1. The summed E-state index contributed by atoms with van der Waals surface area (Å²) in [5, 5.41) is 6.91. The molecule has 6 nitrogen and oxygen atoms in total. The summed E-state index contributed by atoms with van der Waals surface area (Å²) >= 11 is 0. The molecule has 1 aromatic heterocycles. The molecule has 0 bridgehead atoms. The van der Waals surface area contributed by atoms with Crippen LogP contribution in [0.4, 0.5) is 0 Å². The highest BCUT2D eigenvalue weighted by atomic mass is 16.1. The Morgan fingerprint density at radius 3 is 2.95 bits per heavy atom. The molecule has 0 saturated carbocycles. The van der Waals surface area contributed by atoms with Gasteiger partial charge in [0.1, 0.15) is 6.33 Å². The van der Waals surface area contributed by atoms with Crippen molar-refractivity contribution in [3.63, 3.8) is 0 Å². The number of aryl methyl sites for hydroxylation is 2. The summed E-state index contributed by atoms with van der Waals surface area (Å²) in [4.78, 5) is 16.4. The fourth-order valence-corrected chi connectivity index (χ4v) is 1.82. The van der Waals surface area contributed by atoms with Crippen LogP contribution in [0, 0.1) is 18.8 Å². The number of carbonyl (C=O) groups excluding carboxylic acids is 1. The van der Waals surface area contributed by atoms with Gasteiger partial charge in [0.25, 0.3) is 5.91 Å². The maximum atomic E-state index is 12.3. The Bertz CT molecular complexity index is 708. The molecule has 0 aliphatic carbocycles. The Morgan fingerprint density at radius 1 is 1.48 bits per heavy atom. The summed E-state index contributed by atoms with van der Waals surface area (Å²) in [6.45, 7) is 2.46. The van der Waals surface area contributed by atoms with Gasteiger partial charge in [-0.3, -0.25) is 9.48 Å². The molecule has 1 amide bonds. The topological polar surface area (TPSA) is 85.8 Å². The second kappa shape index (κ2) is 6.68. The Kier molecular flexibility index (Phi) is 4.69. The molecule has 0 aliphatic rings. The van der Waals surface area contributed by atoms with Gasteiger partial charge in [0, 0.05) is 12.6 Å². The molecule has 21 heavy (non-hydrogen) atoms. The quantitative estimate of drug-likeness (QED) is 0.797. The number of rotatable bonds is 3. The molecule has 3 N–H and O–H groups in total. The van der Waals surface area contributed by atoms with E-state index in [0.717, 1.165) is 5.56 Å². The molecule has 0 aliphatic heterocycles. The molecule has 108 valence electrons. The highest BCUT2D eigenvalue weighted by molar-refractivity contribution is 5.96. The average Bonchev–Trinajstić information content (AvgIpc) is 2.89.